The van der Waals surface area contributed by atoms with E-state index in [1.165, 1.54) is 6.07 Å². The van der Waals surface area contributed by atoms with Crippen LogP contribution in [0.5, 0.6) is 0 Å². The van der Waals surface area contributed by atoms with E-state index >= 15 is 0 Å². The lowest BCUT2D eigenvalue weighted by molar-refractivity contribution is -0.138. The molecule has 0 unspecified atom stereocenters. The smallest absolute Gasteiger partial charge is 0.245 e. The van der Waals surface area contributed by atoms with Crippen molar-refractivity contribution in [1.29, 1.82) is 0 Å². The van der Waals surface area contributed by atoms with Gasteiger partial charge in [-0.25, -0.2) is 8.78 Å². The van der Waals surface area contributed by atoms with E-state index < -0.39 is 29.0 Å². The third-order valence-electron chi connectivity index (χ3n) is 6.81. The molecule has 33 heavy (non-hydrogen) atoms. The van der Waals surface area contributed by atoms with Crippen molar-refractivity contribution in [3.05, 3.63) is 69.7 Å². The Balaban J connectivity index is 1.55. The monoisotopic (exact) mass is 519 g/mol. The molecule has 2 amide bonds. The largest absolute Gasteiger partial charge is 0.343 e. The van der Waals surface area contributed by atoms with Gasteiger partial charge in [0.25, 0.3) is 0 Å². The lowest BCUT2D eigenvalue weighted by atomic mass is 9.90. The topological polar surface area (TPSA) is 75.4 Å². The molecule has 4 rings (SSSR count). The summed E-state index contributed by atoms with van der Waals surface area (Å²) < 4.78 is 28.8. The van der Waals surface area contributed by atoms with Crippen molar-refractivity contribution in [3.63, 3.8) is 0 Å². The molecule has 0 radical (unpaired) electrons. The summed E-state index contributed by atoms with van der Waals surface area (Å²) in [7, 11) is 0. The summed E-state index contributed by atoms with van der Waals surface area (Å²) in [5.74, 6) is -1.99. The number of nitrogens with one attached hydrogen (secondary N) is 1. The Morgan fingerprint density at radius 2 is 1.73 bits per heavy atom. The minimum absolute atomic E-state index is 0.169. The molecular formula is C25H28BrF2N3O2. The molecule has 1 aliphatic heterocycles. The molecule has 1 aliphatic carbocycles. The highest BCUT2D eigenvalue weighted by molar-refractivity contribution is 9.10. The summed E-state index contributed by atoms with van der Waals surface area (Å²) in [5.41, 5.74) is 5.92. The molecule has 3 N–H and O–H groups in total. The van der Waals surface area contributed by atoms with Gasteiger partial charge in [-0.05, 0) is 56.4 Å². The lowest BCUT2D eigenvalue weighted by Gasteiger charge is -2.38. The van der Waals surface area contributed by atoms with Crippen molar-refractivity contribution < 1.29 is 18.4 Å². The van der Waals surface area contributed by atoms with Gasteiger partial charge in [-0.3, -0.25) is 9.59 Å². The minimum atomic E-state index is -1.06. The second-order valence-corrected chi connectivity index (χ2v) is 10.5. The quantitative estimate of drug-likeness (QED) is 0.608. The number of carbonyl (C=O) groups is 2. The number of nitrogens with zero attached hydrogens (tertiary/aromatic N) is 1. The second-order valence-electron chi connectivity index (χ2n) is 9.54. The van der Waals surface area contributed by atoms with Gasteiger partial charge in [0.15, 0.2) is 0 Å². The van der Waals surface area contributed by atoms with Gasteiger partial charge in [0.1, 0.15) is 17.7 Å². The summed E-state index contributed by atoms with van der Waals surface area (Å²) in [6, 6.07) is 10.1. The fourth-order valence-corrected chi connectivity index (χ4v) is 4.70. The first-order chi connectivity index (χ1) is 15.6. The summed E-state index contributed by atoms with van der Waals surface area (Å²) in [6.45, 7) is 3.02. The van der Waals surface area contributed by atoms with Crippen LogP contribution in [0.25, 0.3) is 0 Å². The number of rotatable bonds is 6. The molecule has 2 aromatic rings. The van der Waals surface area contributed by atoms with Crippen LogP contribution < -0.4 is 11.1 Å². The summed E-state index contributed by atoms with van der Waals surface area (Å²) in [6.07, 6.45) is 2.59. The predicted molar refractivity (Wildman–Crippen MR) is 125 cm³/mol. The summed E-state index contributed by atoms with van der Waals surface area (Å²) in [5, 5.41) is 2.91. The average Bonchev–Trinajstić information content (AvgIpc) is 3.56. The number of benzene rings is 2. The predicted octanol–water partition coefficient (Wildman–Crippen LogP) is 3.83. The van der Waals surface area contributed by atoms with E-state index in [1.54, 1.807) is 4.90 Å². The Bertz CT molecular complexity index is 1040. The van der Waals surface area contributed by atoms with Crippen LogP contribution >= 0.6 is 15.9 Å². The van der Waals surface area contributed by atoms with Crippen LogP contribution in [0.2, 0.25) is 0 Å². The number of amides is 2. The van der Waals surface area contributed by atoms with E-state index in [-0.39, 0.29) is 17.0 Å². The highest BCUT2D eigenvalue weighted by Crippen LogP contribution is 2.49. The van der Waals surface area contributed by atoms with Gasteiger partial charge in [-0.15, -0.1) is 0 Å². The zero-order valence-electron chi connectivity index (χ0n) is 18.5. The Morgan fingerprint density at radius 3 is 2.30 bits per heavy atom. The molecule has 1 saturated carbocycles. The van der Waals surface area contributed by atoms with E-state index in [9.17, 15) is 18.4 Å². The zero-order valence-corrected chi connectivity index (χ0v) is 20.1. The van der Waals surface area contributed by atoms with Gasteiger partial charge in [0, 0.05) is 41.2 Å². The van der Waals surface area contributed by atoms with E-state index in [2.05, 4.69) is 21.2 Å². The Labute approximate surface area is 200 Å². The van der Waals surface area contributed by atoms with Crippen LogP contribution in [0.4, 0.5) is 8.78 Å². The SMILES string of the molecule is CC1(N)CCN(C(=O)[C@H](Cc2ccc(Br)cc2)NC(=O)C2(c3ccc(F)cc3F)CC2)CC1. The van der Waals surface area contributed by atoms with Crippen LogP contribution in [-0.2, 0) is 21.4 Å². The molecule has 0 aromatic heterocycles. The number of hydrogen-bond donors (Lipinski definition) is 2. The Kier molecular flexibility index (Phi) is 6.60. The number of halogens is 3. The van der Waals surface area contributed by atoms with Gasteiger partial charge in [0.2, 0.25) is 11.8 Å². The van der Waals surface area contributed by atoms with Crippen LogP contribution in [0.3, 0.4) is 0 Å². The molecule has 8 heteroatoms. The summed E-state index contributed by atoms with van der Waals surface area (Å²) in [4.78, 5) is 28.5. The van der Waals surface area contributed by atoms with Crippen LogP contribution in [0.15, 0.2) is 46.9 Å². The third-order valence-corrected chi connectivity index (χ3v) is 7.33. The highest BCUT2D eigenvalue weighted by atomic mass is 79.9. The van der Waals surface area contributed by atoms with E-state index in [4.69, 9.17) is 5.73 Å². The maximum absolute atomic E-state index is 14.5. The Hall–Kier alpha value is -2.32. The van der Waals surface area contributed by atoms with Crippen LogP contribution in [-0.4, -0.2) is 41.4 Å². The van der Waals surface area contributed by atoms with Crippen molar-refractivity contribution >= 4 is 27.7 Å². The Morgan fingerprint density at radius 1 is 1.09 bits per heavy atom. The number of hydrogen-bond acceptors (Lipinski definition) is 3. The van der Waals surface area contributed by atoms with Gasteiger partial charge < -0.3 is 16.0 Å². The second kappa shape index (κ2) is 9.14. The molecule has 1 atom stereocenters. The number of carbonyl (C=O) groups excluding carboxylic acids is 2. The lowest BCUT2D eigenvalue weighted by Crippen LogP contribution is -2.56. The molecule has 0 bridgehead atoms. The van der Waals surface area contributed by atoms with Crippen molar-refractivity contribution in [2.45, 2.75) is 56.0 Å². The molecular weight excluding hydrogens is 492 g/mol. The molecule has 0 spiro atoms. The standard InChI is InChI=1S/C25H28BrF2N3O2/c1-24(29)10-12-31(13-11-24)22(32)21(14-16-2-4-17(26)5-3-16)30-23(33)25(8-9-25)19-7-6-18(27)15-20(19)28/h2-7,15,21H,8-14,29H2,1H3,(H,30,33)/t21-/m0/s1. The molecule has 2 aliphatic rings. The molecule has 2 fully saturated rings. The summed E-state index contributed by atoms with van der Waals surface area (Å²) >= 11 is 3.41. The number of nitrogens with two attached hydrogens (primary N) is 1. The van der Waals surface area contributed by atoms with Gasteiger partial charge in [-0.1, -0.05) is 34.1 Å². The first-order valence-corrected chi connectivity index (χ1v) is 12.0. The number of piperidine rings is 1. The molecule has 176 valence electrons. The van der Waals surface area contributed by atoms with Gasteiger partial charge in [0.05, 0.1) is 5.41 Å². The fraction of sp³-hybridized carbons (Fsp3) is 0.440. The fourth-order valence-electron chi connectivity index (χ4n) is 4.43. The van der Waals surface area contributed by atoms with Gasteiger partial charge in [-0.2, -0.15) is 0 Å². The van der Waals surface area contributed by atoms with Crippen molar-refractivity contribution in [2.75, 3.05) is 13.1 Å². The first kappa shape index (κ1) is 23.8. The first-order valence-electron chi connectivity index (χ1n) is 11.2. The van der Waals surface area contributed by atoms with E-state index in [0.717, 1.165) is 22.2 Å². The maximum atomic E-state index is 14.5. The van der Waals surface area contributed by atoms with Crippen molar-refractivity contribution in [2.24, 2.45) is 5.73 Å². The van der Waals surface area contributed by atoms with Crippen LogP contribution in [0, 0.1) is 11.6 Å². The van der Waals surface area contributed by atoms with Gasteiger partial charge >= 0.3 is 0 Å². The zero-order chi connectivity index (χ0) is 23.8. The molecule has 1 saturated heterocycles. The minimum Gasteiger partial charge on any atom is -0.343 e. The molecule has 5 nitrogen and oxygen atoms in total. The van der Waals surface area contributed by atoms with Crippen molar-refractivity contribution in [3.8, 4) is 0 Å². The highest BCUT2D eigenvalue weighted by Gasteiger charge is 2.53. The van der Waals surface area contributed by atoms with Crippen LogP contribution in [0.1, 0.15) is 43.7 Å². The maximum Gasteiger partial charge on any atom is 0.245 e. The normalized spacial score (nSPS) is 19.6. The van der Waals surface area contributed by atoms with E-state index in [1.807, 2.05) is 31.2 Å². The average molecular weight is 520 g/mol. The van der Waals surface area contributed by atoms with Crippen molar-refractivity contribution in [1.82, 2.24) is 10.2 Å². The molecule has 2 aromatic carbocycles. The molecule has 1 heterocycles. The van der Waals surface area contributed by atoms with E-state index in [0.29, 0.717) is 45.2 Å². The number of likely N-dealkylation sites (tertiary alicyclic amines) is 1. The third kappa shape index (κ3) is 5.27.